The third-order valence-corrected chi connectivity index (χ3v) is 12.6. The minimum atomic E-state index is -0.381. The van der Waals surface area contributed by atoms with Gasteiger partial charge in [-0.2, -0.15) is 0 Å². The second-order valence-electron chi connectivity index (χ2n) is 10.1. The van der Waals surface area contributed by atoms with E-state index < -0.39 is 0 Å². The summed E-state index contributed by atoms with van der Waals surface area (Å²) in [5, 5.41) is 2.86. The van der Waals surface area contributed by atoms with Gasteiger partial charge in [-0.25, -0.2) is 0 Å². The maximum absolute atomic E-state index is 12.2. The highest BCUT2D eigenvalue weighted by Crippen LogP contribution is 2.56. The number of carbonyl (C=O) groups excluding carboxylic acids is 1. The van der Waals surface area contributed by atoms with Crippen LogP contribution in [0.5, 0.6) is 11.5 Å². The highest BCUT2D eigenvalue weighted by molar-refractivity contribution is 7.89. The summed E-state index contributed by atoms with van der Waals surface area (Å²) in [6.45, 7) is 8.55. The van der Waals surface area contributed by atoms with E-state index >= 15 is 0 Å². The van der Waals surface area contributed by atoms with Gasteiger partial charge in [0.1, 0.15) is 32.7 Å². The zero-order valence-corrected chi connectivity index (χ0v) is 23.6. The number of benzene rings is 2. The van der Waals surface area contributed by atoms with E-state index in [-0.39, 0.29) is 27.7 Å². The molecule has 1 aliphatic carbocycles. The van der Waals surface area contributed by atoms with Crippen molar-refractivity contribution in [2.75, 3.05) is 20.4 Å². The summed E-state index contributed by atoms with van der Waals surface area (Å²) in [4.78, 5) is 12.2. The molecule has 4 nitrogen and oxygen atoms in total. The van der Waals surface area contributed by atoms with E-state index in [9.17, 15) is 4.79 Å². The van der Waals surface area contributed by atoms with Crippen LogP contribution in [0.3, 0.4) is 0 Å². The van der Waals surface area contributed by atoms with E-state index in [1.807, 2.05) is 0 Å². The van der Waals surface area contributed by atoms with Crippen molar-refractivity contribution in [3.05, 3.63) is 46.5 Å². The van der Waals surface area contributed by atoms with Crippen molar-refractivity contribution in [2.45, 2.75) is 52.3 Å². The molecular formula is C26H36B2O4P2. The van der Waals surface area contributed by atoms with Crippen molar-refractivity contribution >= 4 is 47.3 Å². The number of carbonyl (C=O) groups is 1. The van der Waals surface area contributed by atoms with Crippen molar-refractivity contribution in [3.63, 3.8) is 0 Å². The van der Waals surface area contributed by atoms with Crippen molar-refractivity contribution in [2.24, 2.45) is 11.8 Å². The van der Waals surface area contributed by atoms with Crippen LogP contribution < -0.4 is 20.1 Å². The Kier molecular flexibility index (Phi) is 7.70. The number of esters is 1. The fourth-order valence-electron chi connectivity index (χ4n) is 6.21. The van der Waals surface area contributed by atoms with Gasteiger partial charge < -0.3 is 14.2 Å². The Bertz CT molecular complexity index is 1050. The van der Waals surface area contributed by atoms with E-state index in [1.54, 1.807) is 14.2 Å². The van der Waals surface area contributed by atoms with E-state index in [1.165, 1.54) is 32.9 Å². The first kappa shape index (κ1) is 25.6. The van der Waals surface area contributed by atoms with Crippen LogP contribution in [-0.2, 0) is 9.53 Å². The first-order chi connectivity index (χ1) is 16.1. The minimum Gasteiger partial charge on any atom is -0.496 e. The van der Waals surface area contributed by atoms with Crippen molar-refractivity contribution in [3.8, 4) is 11.5 Å². The molecule has 0 bridgehead atoms. The standard InChI is InChI=1S/C26H36B2O4P2/c1-14-7-18(8-15(2)25(14)30-5)33(27)13-21-20-11-24(29)32-22(20)12-23(21)34(28)19-9-16(3)26(31-6)17(4)10-19/h7-10,20-23H,11-13,27-28H2,1-6H3/t20-,21-,22+,23+,33?,34?/m1/s1. The number of methoxy groups -OCH3 is 2. The van der Waals surface area contributed by atoms with Gasteiger partial charge in [-0.1, -0.05) is 0 Å². The highest BCUT2D eigenvalue weighted by Gasteiger charge is 2.51. The predicted octanol–water partition coefficient (Wildman–Crippen LogP) is 3.27. The third kappa shape index (κ3) is 4.78. The summed E-state index contributed by atoms with van der Waals surface area (Å²) >= 11 is 0. The van der Waals surface area contributed by atoms with Gasteiger partial charge >= 0.3 is 5.97 Å². The molecule has 0 spiro atoms. The fourth-order valence-corrected chi connectivity index (χ4v) is 11.2. The topological polar surface area (TPSA) is 44.8 Å². The lowest BCUT2D eigenvalue weighted by Gasteiger charge is -2.32. The molecule has 34 heavy (non-hydrogen) atoms. The van der Waals surface area contributed by atoms with Crippen LogP contribution in [-0.4, -0.2) is 53.2 Å². The molecule has 4 rings (SSSR count). The smallest absolute Gasteiger partial charge is 0.306 e. The molecule has 2 fully saturated rings. The average molecular weight is 496 g/mol. The maximum Gasteiger partial charge on any atom is 0.306 e. The summed E-state index contributed by atoms with van der Waals surface area (Å²) in [5.74, 6) is 2.83. The Morgan fingerprint density at radius 2 is 1.41 bits per heavy atom. The van der Waals surface area contributed by atoms with E-state index in [4.69, 9.17) is 14.2 Å². The van der Waals surface area contributed by atoms with Crippen LogP contribution in [0.4, 0.5) is 0 Å². The molecule has 1 aliphatic heterocycles. The Labute approximate surface area is 208 Å². The lowest BCUT2D eigenvalue weighted by molar-refractivity contribution is -0.141. The van der Waals surface area contributed by atoms with Gasteiger partial charge in [0.15, 0.2) is 0 Å². The average Bonchev–Trinajstić information content (AvgIpc) is 3.29. The van der Waals surface area contributed by atoms with Crippen LogP contribution in [0, 0.1) is 39.5 Å². The molecule has 0 radical (unpaired) electrons. The molecule has 0 N–H and O–H groups in total. The Balaban J connectivity index is 1.62. The highest BCUT2D eigenvalue weighted by atomic mass is 31.1. The van der Waals surface area contributed by atoms with Crippen LogP contribution >= 0.6 is 15.6 Å². The quantitative estimate of drug-likeness (QED) is 0.336. The number of aryl methyl sites for hydroxylation is 4. The predicted molar refractivity (Wildman–Crippen MR) is 150 cm³/mol. The van der Waals surface area contributed by atoms with E-state index in [2.05, 4.69) is 67.1 Å². The normalized spacial score (nSPS) is 25.5. The molecule has 2 unspecified atom stereocenters. The lowest BCUT2D eigenvalue weighted by Crippen LogP contribution is -2.27. The Hall–Kier alpha value is -1.50. The molecule has 8 heteroatoms. The summed E-state index contributed by atoms with van der Waals surface area (Å²) in [7, 11) is 7.59. The number of ether oxygens (including phenoxy) is 3. The van der Waals surface area contributed by atoms with E-state index in [0.717, 1.165) is 24.1 Å². The molecule has 2 aromatic carbocycles. The van der Waals surface area contributed by atoms with E-state index in [0.29, 0.717) is 23.9 Å². The summed E-state index contributed by atoms with van der Waals surface area (Å²) in [6.07, 6.45) is 2.82. The lowest BCUT2D eigenvalue weighted by atomic mass is 9.95. The van der Waals surface area contributed by atoms with Gasteiger partial charge in [0.2, 0.25) is 0 Å². The van der Waals surface area contributed by atoms with Gasteiger partial charge in [0.25, 0.3) is 0 Å². The zero-order valence-electron chi connectivity index (χ0n) is 21.8. The third-order valence-electron chi connectivity index (χ3n) is 7.81. The first-order valence-corrected chi connectivity index (χ1v) is 15.9. The largest absolute Gasteiger partial charge is 0.496 e. The molecule has 0 amide bonds. The van der Waals surface area contributed by atoms with Crippen molar-refractivity contribution < 1.29 is 19.0 Å². The van der Waals surface area contributed by atoms with Crippen LogP contribution in [0.25, 0.3) is 0 Å². The van der Waals surface area contributed by atoms with Gasteiger partial charge in [-0.15, -0.1) is 15.6 Å². The van der Waals surface area contributed by atoms with Crippen molar-refractivity contribution in [1.29, 1.82) is 0 Å². The number of hydrogen-bond donors (Lipinski definition) is 0. The van der Waals surface area contributed by atoms with Crippen LogP contribution in [0.1, 0.15) is 35.1 Å². The SMILES string of the molecule is BP(C[C@@H]1[C@H]2CC(=O)O[C@H]2C[C@@H]1P(B)c1cc(C)c(OC)c(C)c1)c1cc(C)c(OC)c(C)c1. The van der Waals surface area contributed by atoms with Crippen LogP contribution in [0.2, 0.25) is 0 Å². The number of fused-ring (bicyclic) bond motifs is 1. The summed E-state index contributed by atoms with van der Waals surface area (Å²) in [6, 6.07) is 9.25. The molecule has 2 aromatic rings. The van der Waals surface area contributed by atoms with Crippen LogP contribution in [0.15, 0.2) is 24.3 Å². The fraction of sp³-hybridized carbons (Fsp3) is 0.500. The molecule has 0 aromatic heterocycles. The molecule has 1 saturated carbocycles. The number of hydrogen-bond acceptors (Lipinski definition) is 4. The van der Waals surface area contributed by atoms with Gasteiger partial charge in [-0.3, -0.25) is 4.79 Å². The summed E-state index contributed by atoms with van der Waals surface area (Å²) in [5.41, 5.74) is 5.38. The molecule has 1 saturated heterocycles. The second-order valence-corrected chi connectivity index (χ2v) is 14.8. The molecule has 6 atom stereocenters. The molecule has 180 valence electrons. The van der Waals surface area contributed by atoms with Gasteiger partial charge in [0.05, 0.1) is 20.6 Å². The van der Waals surface area contributed by atoms with Gasteiger partial charge in [0, 0.05) is 5.92 Å². The number of rotatable bonds is 7. The monoisotopic (exact) mass is 496 g/mol. The first-order valence-electron chi connectivity index (χ1n) is 12.1. The molecule has 1 heterocycles. The minimum absolute atomic E-state index is 0.00779. The Morgan fingerprint density at radius 1 is 0.912 bits per heavy atom. The molecule has 2 aliphatic rings. The molecular weight excluding hydrogens is 460 g/mol. The van der Waals surface area contributed by atoms with Gasteiger partial charge in [-0.05, 0) is 109 Å². The Morgan fingerprint density at radius 3 is 1.91 bits per heavy atom. The maximum atomic E-state index is 12.2. The van der Waals surface area contributed by atoms with Crippen molar-refractivity contribution in [1.82, 2.24) is 0 Å². The summed E-state index contributed by atoms with van der Waals surface area (Å²) < 4.78 is 17.0. The second kappa shape index (κ2) is 10.2. The zero-order chi connectivity index (χ0) is 24.7.